The SMILES string of the molecule is Cc1ccc(C)c2sc(NC(=O)c3ccc4nccnc4c3)nc12. The number of hydrogen-bond acceptors (Lipinski definition) is 5. The predicted octanol–water partition coefficient (Wildman–Crippen LogP) is 4.11. The van der Waals surface area contributed by atoms with Crippen LogP contribution in [0.4, 0.5) is 5.13 Å². The molecule has 24 heavy (non-hydrogen) atoms. The van der Waals surface area contributed by atoms with E-state index in [1.807, 2.05) is 19.9 Å². The van der Waals surface area contributed by atoms with Crippen LogP contribution in [-0.2, 0) is 0 Å². The van der Waals surface area contributed by atoms with Gasteiger partial charge in [0.2, 0.25) is 0 Å². The number of fused-ring (bicyclic) bond motifs is 2. The molecule has 0 saturated carbocycles. The van der Waals surface area contributed by atoms with Crippen molar-refractivity contribution in [2.24, 2.45) is 0 Å². The van der Waals surface area contributed by atoms with Crippen LogP contribution in [-0.4, -0.2) is 20.9 Å². The molecular weight excluding hydrogens is 320 g/mol. The highest BCUT2D eigenvalue weighted by Crippen LogP contribution is 2.31. The van der Waals surface area contributed by atoms with E-state index < -0.39 is 0 Å². The predicted molar refractivity (Wildman–Crippen MR) is 96.6 cm³/mol. The van der Waals surface area contributed by atoms with E-state index in [9.17, 15) is 4.79 Å². The van der Waals surface area contributed by atoms with E-state index in [-0.39, 0.29) is 5.91 Å². The second-order valence-corrected chi connectivity index (χ2v) is 6.61. The van der Waals surface area contributed by atoms with E-state index >= 15 is 0 Å². The molecule has 2 aromatic carbocycles. The van der Waals surface area contributed by atoms with E-state index in [4.69, 9.17) is 0 Å². The van der Waals surface area contributed by atoms with Gasteiger partial charge in [0, 0.05) is 18.0 Å². The summed E-state index contributed by atoms with van der Waals surface area (Å²) in [7, 11) is 0. The largest absolute Gasteiger partial charge is 0.298 e. The summed E-state index contributed by atoms with van der Waals surface area (Å²) in [5, 5.41) is 3.49. The third kappa shape index (κ3) is 2.51. The summed E-state index contributed by atoms with van der Waals surface area (Å²) in [6.07, 6.45) is 3.25. The number of rotatable bonds is 2. The average Bonchev–Trinajstić information content (AvgIpc) is 3.03. The number of nitrogens with one attached hydrogen (secondary N) is 1. The maximum atomic E-state index is 12.5. The molecule has 118 valence electrons. The number of anilines is 1. The molecule has 0 aliphatic carbocycles. The smallest absolute Gasteiger partial charge is 0.257 e. The van der Waals surface area contributed by atoms with Crippen molar-refractivity contribution in [3.63, 3.8) is 0 Å². The van der Waals surface area contributed by atoms with Crippen molar-refractivity contribution in [1.29, 1.82) is 0 Å². The number of carbonyl (C=O) groups is 1. The van der Waals surface area contributed by atoms with Crippen molar-refractivity contribution in [3.8, 4) is 0 Å². The zero-order valence-corrected chi connectivity index (χ0v) is 14.0. The fourth-order valence-electron chi connectivity index (χ4n) is 2.59. The Bertz CT molecular complexity index is 1050. The standard InChI is InChI=1S/C18H14N4OS/c1-10-3-4-11(2)16-15(10)21-18(24-16)22-17(23)12-5-6-13-14(9-12)20-8-7-19-13/h3-9H,1-2H3,(H,21,22,23). The number of amides is 1. The molecule has 0 aliphatic heterocycles. The number of benzene rings is 2. The van der Waals surface area contributed by atoms with Crippen LogP contribution in [0.3, 0.4) is 0 Å². The molecule has 2 heterocycles. The van der Waals surface area contributed by atoms with Crippen molar-refractivity contribution in [1.82, 2.24) is 15.0 Å². The molecule has 6 heteroatoms. The quantitative estimate of drug-likeness (QED) is 0.599. The van der Waals surface area contributed by atoms with E-state index in [1.165, 1.54) is 11.3 Å². The highest BCUT2D eigenvalue weighted by Gasteiger charge is 2.13. The van der Waals surface area contributed by atoms with Crippen LogP contribution < -0.4 is 5.32 Å². The molecular formula is C18H14N4OS. The lowest BCUT2D eigenvalue weighted by molar-refractivity contribution is 0.102. The van der Waals surface area contributed by atoms with Crippen molar-refractivity contribution in [2.75, 3.05) is 5.32 Å². The fraction of sp³-hybridized carbons (Fsp3) is 0.111. The zero-order chi connectivity index (χ0) is 16.7. The van der Waals surface area contributed by atoms with Crippen LogP contribution in [0.25, 0.3) is 21.3 Å². The third-order valence-corrected chi connectivity index (χ3v) is 5.00. The lowest BCUT2D eigenvalue weighted by atomic mass is 10.1. The van der Waals surface area contributed by atoms with E-state index in [1.54, 1.807) is 30.6 Å². The third-order valence-electron chi connectivity index (χ3n) is 3.89. The number of nitrogens with zero attached hydrogens (tertiary/aromatic N) is 3. The first kappa shape index (κ1) is 14.7. The molecule has 0 atom stereocenters. The number of carbonyl (C=O) groups excluding carboxylic acids is 1. The van der Waals surface area contributed by atoms with Gasteiger partial charge in [-0.25, -0.2) is 4.98 Å². The van der Waals surface area contributed by atoms with Crippen LogP contribution in [0.5, 0.6) is 0 Å². The summed E-state index contributed by atoms with van der Waals surface area (Å²) in [5.74, 6) is -0.197. The summed E-state index contributed by atoms with van der Waals surface area (Å²) < 4.78 is 1.11. The molecule has 1 amide bonds. The summed E-state index contributed by atoms with van der Waals surface area (Å²) >= 11 is 1.49. The lowest BCUT2D eigenvalue weighted by Gasteiger charge is -2.02. The minimum Gasteiger partial charge on any atom is -0.298 e. The fourth-order valence-corrected chi connectivity index (χ4v) is 3.59. The number of aryl methyl sites for hydroxylation is 2. The van der Waals surface area contributed by atoms with E-state index in [0.29, 0.717) is 16.2 Å². The number of hydrogen-bond donors (Lipinski definition) is 1. The second-order valence-electron chi connectivity index (χ2n) is 5.61. The van der Waals surface area contributed by atoms with Gasteiger partial charge in [0.1, 0.15) is 0 Å². The van der Waals surface area contributed by atoms with Crippen LogP contribution in [0, 0.1) is 13.8 Å². The van der Waals surface area contributed by atoms with Gasteiger partial charge in [-0.2, -0.15) is 0 Å². The molecule has 0 spiro atoms. The van der Waals surface area contributed by atoms with Crippen molar-refractivity contribution in [2.45, 2.75) is 13.8 Å². The van der Waals surface area contributed by atoms with Gasteiger partial charge in [-0.1, -0.05) is 23.5 Å². The highest BCUT2D eigenvalue weighted by molar-refractivity contribution is 7.22. The molecule has 0 radical (unpaired) electrons. The first-order valence-corrected chi connectivity index (χ1v) is 8.32. The Morgan fingerprint density at radius 3 is 2.54 bits per heavy atom. The molecule has 1 N–H and O–H groups in total. The molecule has 0 unspecified atom stereocenters. The lowest BCUT2D eigenvalue weighted by Crippen LogP contribution is -2.11. The Hall–Kier alpha value is -2.86. The van der Waals surface area contributed by atoms with Crippen LogP contribution >= 0.6 is 11.3 Å². The Morgan fingerprint density at radius 2 is 1.75 bits per heavy atom. The maximum absolute atomic E-state index is 12.5. The van der Waals surface area contributed by atoms with Gasteiger partial charge in [0.05, 0.1) is 21.3 Å². The van der Waals surface area contributed by atoms with Gasteiger partial charge in [-0.05, 0) is 43.2 Å². The monoisotopic (exact) mass is 334 g/mol. The zero-order valence-electron chi connectivity index (χ0n) is 13.2. The topological polar surface area (TPSA) is 67.8 Å². The molecule has 4 rings (SSSR count). The molecule has 5 nitrogen and oxygen atoms in total. The molecule has 0 saturated heterocycles. The van der Waals surface area contributed by atoms with Crippen LogP contribution in [0.15, 0.2) is 42.7 Å². The molecule has 0 aliphatic rings. The Kier molecular flexibility index (Phi) is 3.46. The number of thiazole rings is 1. The molecule has 0 fully saturated rings. The summed E-state index contributed by atoms with van der Waals surface area (Å²) in [5.41, 5.74) is 5.21. The van der Waals surface area contributed by atoms with Gasteiger partial charge in [-0.3, -0.25) is 20.1 Å². The summed E-state index contributed by atoms with van der Waals surface area (Å²) in [4.78, 5) is 25.5. The molecule has 4 aromatic rings. The summed E-state index contributed by atoms with van der Waals surface area (Å²) in [6, 6.07) is 9.40. The maximum Gasteiger partial charge on any atom is 0.257 e. The van der Waals surface area contributed by atoms with Gasteiger partial charge in [0.15, 0.2) is 5.13 Å². The highest BCUT2D eigenvalue weighted by atomic mass is 32.1. The molecule has 2 aromatic heterocycles. The normalized spacial score (nSPS) is 11.1. The minimum atomic E-state index is -0.197. The van der Waals surface area contributed by atoms with Crippen molar-refractivity contribution in [3.05, 3.63) is 59.4 Å². The Labute approximate surface area is 142 Å². The van der Waals surface area contributed by atoms with Crippen molar-refractivity contribution < 1.29 is 4.79 Å². The van der Waals surface area contributed by atoms with E-state index in [2.05, 4.69) is 26.3 Å². The van der Waals surface area contributed by atoms with Gasteiger partial charge in [-0.15, -0.1) is 0 Å². The van der Waals surface area contributed by atoms with Gasteiger partial charge < -0.3 is 0 Å². The first-order valence-electron chi connectivity index (χ1n) is 7.51. The molecule has 0 bridgehead atoms. The minimum absolute atomic E-state index is 0.197. The van der Waals surface area contributed by atoms with Crippen LogP contribution in [0.2, 0.25) is 0 Å². The Morgan fingerprint density at radius 1 is 1.00 bits per heavy atom. The van der Waals surface area contributed by atoms with Crippen LogP contribution in [0.1, 0.15) is 21.5 Å². The first-order chi connectivity index (χ1) is 11.6. The second kappa shape index (κ2) is 5.65. The number of aromatic nitrogens is 3. The summed E-state index contributed by atoms with van der Waals surface area (Å²) in [6.45, 7) is 4.07. The Balaban J connectivity index is 1.68. The average molecular weight is 334 g/mol. The van der Waals surface area contributed by atoms with Crippen molar-refractivity contribution >= 4 is 43.6 Å². The van der Waals surface area contributed by atoms with E-state index in [0.717, 1.165) is 26.9 Å². The van der Waals surface area contributed by atoms with Gasteiger partial charge in [0.25, 0.3) is 5.91 Å². The van der Waals surface area contributed by atoms with Gasteiger partial charge >= 0.3 is 0 Å².